The molecule has 1 unspecified atom stereocenters. The second-order valence-electron chi connectivity index (χ2n) is 4.20. The van der Waals surface area contributed by atoms with Crippen molar-refractivity contribution in [1.82, 2.24) is 0 Å². The van der Waals surface area contributed by atoms with Crippen molar-refractivity contribution in [1.29, 1.82) is 0 Å². The van der Waals surface area contributed by atoms with Crippen molar-refractivity contribution in [2.24, 2.45) is 0 Å². The third-order valence-electron chi connectivity index (χ3n) is 2.67. The van der Waals surface area contributed by atoms with Crippen LogP contribution >= 0.6 is 0 Å². The first-order valence-corrected chi connectivity index (χ1v) is 6.05. The molecular weight excluding hydrogens is 219 g/mol. The number of rotatable bonds is 6. The van der Waals surface area contributed by atoms with E-state index in [1.807, 2.05) is 13.8 Å². The van der Waals surface area contributed by atoms with E-state index in [0.29, 0.717) is 12.2 Å². The molecule has 0 aliphatic heterocycles. The molecule has 17 heavy (non-hydrogen) atoms. The monoisotopic (exact) mass is 238 g/mol. The van der Waals surface area contributed by atoms with Crippen LogP contribution < -0.4 is 0 Å². The molecule has 0 spiro atoms. The average molecular weight is 238 g/mol. The Labute approximate surface area is 102 Å². The van der Waals surface area contributed by atoms with Gasteiger partial charge in [-0.25, -0.2) is 4.39 Å². The molecule has 94 valence electrons. The maximum Gasteiger partial charge on any atom is 0.306 e. The van der Waals surface area contributed by atoms with Crippen LogP contribution in [0.1, 0.15) is 44.6 Å². The topological polar surface area (TPSA) is 26.3 Å². The van der Waals surface area contributed by atoms with Crippen LogP contribution in [0.4, 0.5) is 4.39 Å². The summed E-state index contributed by atoms with van der Waals surface area (Å²) in [5, 5.41) is 0. The van der Waals surface area contributed by atoms with E-state index in [-0.39, 0.29) is 24.1 Å². The van der Waals surface area contributed by atoms with Crippen LogP contribution in [-0.2, 0) is 9.53 Å². The highest BCUT2D eigenvalue weighted by atomic mass is 19.1. The van der Waals surface area contributed by atoms with Crippen LogP contribution in [0.2, 0.25) is 0 Å². The van der Waals surface area contributed by atoms with Crippen LogP contribution in [0.15, 0.2) is 24.3 Å². The van der Waals surface area contributed by atoms with Gasteiger partial charge in [0.1, 0.15) is 5.82 Å². The van der Waals surface area contributed by atoms with Gasteiger partial charge in [-0.15, -0.1) is 0 Å². The van der Waals surface area contributed by atoms with Gasteiger partial charge in [-0.2, -0.15) is 0 Å². The first kappa shape index (κ1) is 13.7. The minimum Gasteiger partial charge on any atom is -0.466 e. The van der Waals surface area contributed by atoms with E-state index in [2.05, 4.69) is 0 Å². The molecule has 0 aromatic heterocycles. The molecule has 2 nitrogen and oxygen atoms in total. The Kier molecular flexibility index (Phi) is 5.67. The largest absolute Gasteiger partial charge is 0.466 e. The summed E-state index contributed by atoms with van der Waals surface area (Å²) in [4.78, 5) is 11.5. The van der Waals surface area contributed by atoms with E-state index in [0.717, 1.165) is 12.8 Å². The van der Waals surface area contributed by atoms with Crippen molar-refractivity contribution in [3.05, 3.63) is 35.6 Å². The second kappa shape index (κ2) is 7.05. The van der Waals surface area contributed by atoms with Crippen LogP contribution in [-0.4, -0.2) is 12.6 Å². The lowest BCUT2D eigenvalue weighted by molar-refractivity contribution is -0.144. The average Bonchev–Trinajstić information content (AvgIpc) is 2.29. The standard InChI is InChI=1S/C14H19FO2/c1-3-4-9-17-14(16)10-11(2)12-7-5-6-8-13(12)15/h5-8,11H,3-4,9-10H2,1-2H3. The van der Waals surface area contributed by atoms with Crippen LogP contribution in [0.5, 0.6) is 0 Å². The molecular formula is C14H19FO2. The molecule has 0 amide bonds. The van der Waals surface area contributed by atoms with Crippen molar-refractivity contribution in [2.75, 3.05) is 6.61 Å². The fraction of sp³-hybridized carbons (Fsp3) is 0.500. The maximum atomic E-state index is 13.4. The van der Waals surface area contributed by atoms with Crippen molar-refractivity contribution >= 4 is 5.97 Å². The van der Waals surface area contributed by atoms with Crippen LogP contribution in [0.3, 0.4) is 0 Å². The first-order valence-electron chi connectivity index (χ1n) is 6.05. The molecule has 1 atom stereocenters. The molecule has 1 aromatic carbocycles. The molecule has 0 aliphatic rings. The number of hydrogen-bond acceptors (Lipinski definition) is 2. The molecule has 0 aliphatic carbocycles. The lowest BCUT2D eigenvalue weighted by atomic mass is 9.97. The van der Waals surface area contributed by atoms with Crippen LogP contribution in [0, 0.1) is 5.82 Å². The molecule has 1 aromatic rings. The summed E-state index contributed by atoms with van der Waals surface area (Å²) in [5.41, 5.74) is 0.569. The number of unbranched alkanes of at least 4 members (excludes halogenated alkanes) is 1. The minimum absolute atomic E-state index is 0.148. The van der Waals surface area contributed by atoms with E-state index < -0.39 is 0 Å². The van der Waals surface area contributed by atoms with Gasteiger partial charge in [-0.1, -0.05) is 38.5 Å². The van der Waals surface area contributed by atoms with Gasteiger partial charge in [0.05, 0.1) is 13.0 Å². The normalized spacial score (nSPS) is 12.2. The molecule has 0 saturated heterocycles. The summed E-state index contributed by atoms with van der Waals surface area (Å²) in [6.45, 7) is 4.33. The summed E-state index contributed by atoms with van der Waals surface area (Å²) < 4.78 is 18.5. The summed E-state index contributed by atoms with van der Waals surface area (Å²) in [5.74, 6) is -0.666. The predicted molar refractivity (Wildman–Crippen MR) is 65.3 cm³/mol. The zero-order valence-corrected chi connectivity index (χ0v) is 10.4. The third kappa shape index (κ3) is 4.55. The molecule has 0 fully saturated rings. The minimum atomic E-state index is -0.263. The van der Waals surface area contributed by atoms with E-state index >= 15 is 0 Å². The van der Waals surface area contributed by atoms with Crippen molar-refractivity contribution in [3.8, 4) is 0 Å². The number of carbonyl (C=O) groups is 1. The van der Waals surface area contributed by atoms with Crippen molar-refractivity contribution in [2.45, 2.75) is 39.0 Å². The van der Waals surface area contributed by atoms with Gasteiger partial charge in [-0.3, -0.25) is 4.79 Å². The van der Waals surface area contributed by atoms with Gasteiger partial charge in [0.15, 0.2) is 0 Å². The van der Waals surface area contributed by atoms with Crippen LogP contribution in [0.25, 0.3) is 0 Å². The molecule has 0 saturated carbocycles. The van der Waals surface area contributed by atoms with E-state index in [1.165, 1.54) is 6.07 Å². The van der Waals surface area contributed by atoms with Gasteiger partial charge < -0.3 is 4.74 Å². The summed E-state index contributed by atoms with van der Waals surface area (Å²) in [6, 6.07) is 6.54. The quantitative estimate of drug-likeness (QED) is 0.558. The lowest BCUT2D eigenvalue weighted by Gasteiger charge is -2.12. The Morgan fingerprint density at radius 2 is 2.12 bits per heavy atom. The fourth-order valence-electron chi connectivity index (χ4n) is 1.62. The second-order valence-corrected chi connectivity index (χ2v) is 4.20. The van der Waals surface area contributed by atoms with Gasteiger partial charge >= 0.3 is 5.97 Å². The Bertz CT molecular complexity index is 363. The SMILES string of the molecule is CCCCOC(=O)CC(C)c1ccccc1F. The van der Waals surface area contributed by atoms with Gasteiger partial charge in [-0.05, 0) is 24.0 Å². The zero-order valence-electron chi connectivity index (χ0n) is 10.4. The summed E-state index contributed by atoms with van der Waals surface area (Å²) >= 11 is 0. The Morgan fingerprint density at radius 1 is 1.41 bits per heavy atom. The smallest absolute Gasteiger partial charge is 0.306 e. The number of hydrogen-bond donors (Lipinski definition) is 0. The Hall–Kier alpha value is -1.38. The molecule has 0 heterocycles. The molecule has 1 rings (SSSR count). The molecule has 0 N–H and O–H groups in total. The highest BCUT2D eigenvalue weighted by molar-refractivity contribution is 5.70. The Balaban J connectivity index is 2.46. The van der Waals surface area contributed by atoms with Gasteiger partial charge in [0.2, 0.25) is 0 Å². The molecule has 3 heteroatoms. The summed E-state index contributed by atoms with van der Waals surface area (Å²) in [7, 11) is 0. The lowest BCUT2D eigenvalue weighted by Crippen LogP contribution is -2.10. The maximum absolute atomic E-state index is 13.4. The molecule has 0 bridgehead atoms. The molecule has 0 radical (unpaired) electrons. The van der Waals surface area contributed by atoms with E-state index in [9.17, 15) is 9.18 Å². The van der Waals surface area contributed by atoms with Gasteiger partial charge in [0.25, 0.3) is 0 Å². The highest BCUT2D eigenvalue weighted by Gasteiger charge is 2.15. The zero-order chi connectivity index (χ0) is 12.7. The van der Waals surface area contributed by atoms with Crippen molar-refractivity contribution < 1.29 is 13.9 Å². The number of halogens is 1. The fourth-order valence-corrected chi connectivity index (χ4v) is 1.62. The predicted octanol–water partition coefficient (Wildman–Crippen LogP) is 3.66. The summed E-state index contributed by atoms with van der Waals surface area (Å²) in [6.07, 6.45) is 2.10. The van der Waals surface area contributed by atoms with Crippen molar-refractivity contribution in [3.63, 3.8) is 0 Å². The van der Waals surface area contributed by atoms with Gasteiger partial charge in [0, 0.05) is 0 Å². The number of benzene rings is 1. The third-order valence-corrected chi connectivity index (χ3v) is 2.67. The first-order chi connectivity index (χ1) is 8.15. The van der Waals surface area contributed by atoms with E-state index in [1.54, 1.807) is 18.2 Å². The number of carbonyl (C=O) groups excluding carboxylic acids is 1. The van der Waals surface area contributed by atoms with E-state index in [4.69, 9.17) is 4.74 Å². The number of ether oxygens (including phenoxy) is 1. The number of esters is 1. The highest BCUT2D eigenvalue weighted by Crippen LogP contribution is 2.22. The Morgan fingerprint density at radius 3 is 2.76 bits per heavy atom.